The average Bonchev–Trinajstić information content (AvgIpc) is 2.89. The Morgan fingerprint density at radius 1 is 1.56 bits per heavy atom. The van der Waals surface area contributed by atoms with Gasteiger partial charge in [0.25, 0.3) is 5.91 Å². The fourth-order valence-corrected chi connectivity index (χ4v) is 1.97. The zero-order valence-electron chi connectivity index (χ0n) is 9.47. The van der Waals surface area contributed by atoms with Gasteiger partial charge in [-0.1, -0.05) is 6.07 Å². The van der Waals surface area contributed by atoms with E-state index < -0.39 is 5.97 Å². The Morgan fingerprint density at radius 3 is 2.94 bits per heavy atom. The van der Waals surface area contributed by atoms with Crippen LogP contribution >= 0.6 is 11.3 Å². The predicted molar refractivity (Wildman–Crippen MR) is 64.9 cm³/mol. The van der Waals surface area contributed by atoms with Crippen LogP contribution in [0.2, 0.25) is 0 Å². The molecule has 0 radical (unpaired) electrons. The average molecular weight is 266 g/mol. The number of hydrogen-bond donors (Lipinski definition) is 2. The number of aromatic nitrogens is 1. The summed E-state index contributed by atoms with van der Waals surface area (Å²) in [5.74, 6) is -1.09. The summed E-state index contributed by atoms with van der Waals surface area (Å²) in [5.41, 5.74) is 0.457. The minimum atomic E-state index is -1.01. The lowest BCUT2D eigenvalue weighted by Gasteiger charge is -1.96. The molecular formula is C11H10N2O4S. The standard InChI is InChI=1S/C11H10N2O4S/c1-6-7(5-9(14)15)17-11(12-6)13-10(16)8-3-2-4-18-8/h2-4H,5H2,1H3,(H,14,15)(H,12,13,16). The van der Waals surface area contributed by atoms with E-state index in [0.29, 0.717) is 10.6 Å². The number of carboxylic acids is 1. The number of rotatable bonds is 4. The molecule has 0 saturated heterocycles. The van der Waals surface area contributed by atoms with E-state index in [1.54, 1.807) is 24.4 Å². The van der Waals surface area contributed by atoms with E-state index in [1.807, 2.05) is 0 Å². The number of oxazole rings is 1. The molecule has 2 heterocycles. The maximum absolute atomic E-state index is 11.7. The molecule has 0 saturated carbocycles. The Bertz CT molecular complexity index is 574. The minimum Gasteiger partial charge on any atom is -0.481 e. The van der Waals surface area contributed by atoms with Gasteiger partial charge in [-0.05, 0) is 18.4 Å². The number of thiophene rings is 1. The van der Waals surface area contributed by atoms with E-state index in [9.17, 15) is 9.59 Å². The molecular weight excluding hydrogens is 256 g/mol. The summed E-state index contributed by atoms with van der Waals surface area (Å²) < 4.78 is 5.17. The number of carbonyl (C=O) groups is 2. The van der Waals surface area contributed by atoms with Crippen molar-refractivity contribution in [1.29, 1.82) is 0 Å². The molecule has 1 amide bonds. The maximum atomic E-state index is 11.7. The van der Waals surface area contributed by atoms with Gasteiger partial charge in [-0.25, -0.2) is 0 Å². The number of anilines is 1. The Balaban J connectivity index is 2.11. The first-order valence-corrected chi connectivity index (χ1v) is 5.97. The van der Waals surface area contributed by atoms with Crippen LogP contribution < -0.4 is 5.32 Å². The molecule has 94 valence electrons. The van der Waals surface area contributed by atoms with Crippen LogP contribution in [0.25, 0.3) is 0 Å². The van der Waals surface area contributed by atoms with Gasteiger partial charge in [0.05, 0.1) is 10.6 Å². The Labute approximate surface area is 106 Å². The van der Waals surface area contributed by atoms with Crippen molar-refractivity contribution >= 4 is 29.2 Å². The summed E-state index contributed by atoms with van der Waals surface area (Å²) in [5, 5.41) is 12.9. The molecule has 2 aromatic heterocycles. The fraction of sp³-hybridized carbons (Fsp3) is 0.182. The SMILES string of the molecule is Cc1nc(NC(=O)c2cccs2)oc1CC(=O)O. The summed E-state index contributed by atoms with van der Waals surface area (Å²) >= 11 is 1.30. The van der Waals surface area contributed by atoms with Crippen molar-refractivity contribution in [3.63, 3.8) is 0 Å². The van der Waals surface area contributed by atoms with Crippen LogP contribution in [0.5, 0.6) is 0 Å². The molecule has 0 fully saturated rings. The molecule has 6 nitrogen and oxygen atoms in total. The number of aryl methyl sites for hydroxylation is 1. The quantitative estimate of drug-likeness (QED) is 0.882. The number of amides is 1. The highest BCUT2D eigenvalue weighted by molar-refractivity contribution is 7.12. The molecule has 18 heavy (non-hydrogen) atoms. The second-order valence-corrected chi connectivity index (χ2v) is 4.48. The third-order valence-corrected chi connectivity index (χ3v) is 3.04. The third-order valence-electron chi connectivity index (χ3n) is 2.17. The van der Waals surface area contributed by atoms with Gasteiger partial charge >= 0.3 is 12.0 Å². The van der Waals surface area contributed by atoms with E-state index in [1.165, 1.54) is 11.3 Å². The van der Waals surface area contributed by atoms with Crippen LogP contribution in [-0.4, -0.2) is 22.0 Å². The van der Waals surface area contributed by atoms with E-state index in [-0.39, 0.29) is 24.1 Å². The number of hydrogen-bond acceptors (Lipinski definition) is 5. The highest BCUT2D eigenvalue weighted by Gasteiger charge is 2.15. The lowest BCUT2D eigenvalue weighted by atomic mass is 10.3. The summed E-state index contributed by atoms with van der Waals surface area (Å²) in [6, 6.07) is 3.45. The summed E-state index contributed by atoms with van der Waals surface area (Å²) in [6.07, 6.45) is -0.256. The summed E-state index contributed by atoms with van der Waals surface area (Å²) in [7, 11) is 0. The van der Waals surface area contributed by atoms with Crippen molar-refractivity contribution in [1.82, 2.24) is 4.98 Å². The van der Waals surface area contributed by atoms with Crippen LogP contribution in [0, 0.1) is 6.92 Å². The van der Waals surface area contributed by atoms with Crippen molar-refractivity contribution in [2.75, 3.05) is 5.32 Å². The molecule has 0 aliphatic rings. The molecule has 0 aromatic carbocycles. The number of nitrogens with zero attached hydrogens (tertiary/aromatic N) is 1. The van der Waals surface area contributed by atoms with E-state index in [2.05, 4.69) is 10.3 Å². The third kappa shape index (κ3) is 2.75. The molecule has 0 atom stereocenters. The first kappa shape index (κ1) is 12.3. The molecule has 0 bridgehead atoms. The molecule has 2 rings (SSSR count). The van der Waals surface area contributed by atoms with Crippen molar-refractivity contribution in [2.24, 2.45) is 0 Å². The number of carbonyl (C=O) groups excluding carboxylic acids is 1. The monoisotopic (exact) mass is 266 g/mol. The van der Waals surface area contributed by atoms with Gasteiger partial charge in [0.2, 0.25) is 0 Å². The molecule has 0 spiro atoms. The Kier molecular flexibility index (Phi) is 3.42. The Hall–Kier alpha value is -2.15. The molecule has 0 aliphatic heterocycles. The van der Waals surface area contributed by atoms with Crippen LogP contribution in [0.3, 0.4) is 0 Å². The van der Waals surface area contributed by atoms with Crippen molar-refractivity contribution in [3.8, 4) is 0 Å². The van der Waals surface area contributed by atoms with Crippen LogP contribution in [0.1, 0.15) is 21.1 Å². The topological polar surface area (TPSA) is 92.4 Å². The zero-order valence-corrected chi connectivity index (χ0v) is 10.3. The largest absolute Gasteiger partial charge is 0.481 e. The Morgan fingerprint density at radius 2 is 2.33 bits per heavy atom. The highest BCUT2D eigenvalue weighted by Crippen LogP contribution is 2.17. The van der Waals surface area contributed by atoms with E-state index >= 15 is 0 Å². The van der Waals surface area contributed by atoms with Gasteiger partial charge in [0.1, 0.15) is 12.2 Å². The molecule has 0 aliphatic carbocycles. The van der Waals surface area contributed by atoms with Gasteiger partial charge < -0.3 is 9.52 Å². The van der Waals surface area contributed by atoms with Crippen molar-refractivity contribution in [3.05, 3.63) is 33.8 Å². The van der Waals surface area contributed by atoms with Gasteiger partial charge in [0.15, 0.2) is 0 Å². The predicted octanol–water partition coefficient (Wildman–Crippen LogP) is 1.92. The van der Waals surface area contributed by atoms with Crippen LogP contribution in [0.4, 0.5) is 6.01 Å². The number of aliphatic carboxylic acids is 1. The molecule has 0 unspecified atom stereocenters. The summed E-state index contributed by atoms with van der Waals surface area (Å²) in [4.78, 5) is 26.8. The highest BCUT2D eigenvalue weighted by atomic mass is 32.1. The number of carboxylic acid groups (broad SMARTS) is 1. The van der Waals surface area contributed by atoms with Gasteiger partial charge in [-0.15, -0.1) is 11.3 Å². The first-order valence-electron chi connectivity index (χ1n) is 5.09. The van der Waals surface area contributed by atoms with Crippen molar-refractivity contribution < 1.29 is 19.1 Å². The first-order chi connectivity index (χ1) is 8.56. The minimum absolute atomic E-state index is 0.0159. The number of nitrogens with one attached hydrogen (secondary N) is 1. The summed E-state index contributed by atoms with van der Waals surface area (Å²) in [6.45, 7) is 1.63. The van der Waals surface area contributed by atoms with Gasteiger partial charge in [-0.3, -0.25) is 14.9 Å². The lowest BCUT2D eigenvalue weighted by Crippen LogP contribution is -2.10. The van der Waals surface area contributed by atoms with Crippen LogP contribution in [-0.2, 0) is 11.2 Å². The molecule has 2 aromatic rings. The van der Waals surface area contributed by atoms with Gasteiger partial charge in [0, 0.05) is 0 Å². The normalized spacial score (nSPS) is 10.3. The van der Waals surface area contributed by atoms with E-state index in [4.69, 9.17) is 9.52 Å². The molecule has 7 heteroatoms. The second kappa shape index (κ2) is 5.01. The van der Waals surface area contributed by atoms with E-state index in [0.717, 1.165) is 0 Å². The van der Waals surface area contributed by atoms with Gasteiger partial charge in [-0.2, -0.15) is 4.98 Å². The van der Waals surface area contributed by atoms with Crippen LogP contribution in [0.15, 0.2) is 21.9 Å². The second-order valence-electron chi connectivity index (χ2n) is 3.53. The smallest absolute Gasteiger partial charge is 0.311 e. The fourth-order valence-electron chi connectivity index (χ4n) is 1.35. The van der Waals surface area contributed by atoms with Crippen molar-refractivity contribution in [2.45, 2.75) is 13.3 Å². The lowest BCUT2D eigenvalue weighted by molar-refractivity contribution is -0.136. The maximum Gasteiger partial charge on any atom is 0.311 e. The zero-order chi connectivity index (χ0) is 13.1. The molecule has 2 N–H and O–H groups in total.